The summed E-state index contributed by atoms with van der Waals surface area (Å²) in [4.78, 5) is 6.09. The Kier molecular flexibility index (Phi) is 13.9. The van der Waals surface area contributed by atoms with Crippen molar-refractivity contribution < 1.29 is 13.7 Å². The van der Waals surface area contributed by atoms with E-state index in [0.717, 1.165) is 50.8 Å². The minimum atomic E-state index is 0.504. The standard InChI is InChI=1S/C42H48Cl3N6/c1-31-10-16-34(17-11-31)49(40(43)22-25-46(4)5)37-28-38(50(41(44)23-26-47(6)7)35-18-12-32(2)13-19-35)30-39(29-37)51(42(45)24-27-48(8)9)36-20-14-33(3)15-21-36/h10-30H,1-9H3/q+3. The molecule has 0 radical (unpaired) electrons. The quantitative estimate of drug-likeness (QED) is 0.0818. The van der Waals surface area contributed by atoms with Crippen LogP contribution in [0.2, 0.25) is 0 Å². The van der Waals surface area contributed by atoms with Gasteiger partial charge in [-0.05, 0) is 75.4 Å². The summed E-state index contributed by atoms with van der Waals surface area (Å²) in [6, 6.07) is 31.2. The molecule has 0 saturated carbocycles. The monoisotopic (exact) mass is 741 g/mol. The third kappa shape index (κ3) is 10.9. The van der Waals surface area contributed by atoms with Gasteiger partial charge in [0.2, 0.25) is 0 Å². The second-order valence-electron chi connectivity index (χ2n) is 13.0. The Morgan fingerprint density at radius 1 is 0.392 bits per heavy atom. The molecule has 0 fully saturated rings. The highest BCUT2D eigenvalue weighted by Crippen LogP contribution is 2.43. The van der Waals surface area contributed by atoms with Gasteiger partial charge in [0.15, 0.2) is 18.6 Å². The molecule has 0 atom stereocenters. The fourth-order valence-corrected chi connectivity index (χ4v) is 5.85. The van der Waals surface area contributed by atoms with Gasteiger partial charge in [0.1, 0.15) is 57.8 Å². The molecule has 0 aromatic heterocycles. The van der Waals surface area contributed by atoms with E-state index in [0.29, 0.717) is 15.5 Å². The van der Waals surface area contributed by atoms with E-state index < -0.39 is 0 Å². The predicted octanol–water partition coefficient (Wildman–Crippen LogP) is 10.3. The molecular weight excluding hydrogens is 695 g/mol. The first-order valence-electron chi connectivity index (χ1n) is 16.6. The van der Waals surface area contributed by atoms with Crippen LogP contribution in [-0.2, 0) is 0 Å². The second-order valence-corrected chi connectivity index (χ2v) is 14.2. The van der Waals surface area contributed by atoms with Crippen LogP contribution in [0.4, 0.5) is 34.1 Å². The first kappa shape index (κ1) is 39.2. The van der Waals surface area contributed by atoms with Crippen LogP contribution >= 0.6 is 34.8 Å². The van der Waals surface area contributed by atoms with Crippen molar-refractivity contribution >= 4 is 87.6 Å². The molecule has 0 aliphatic carbocycles. The van der Waals surface area contributed by atoms with Gasteiger partial charge in [-0.1, -0.05) is 87.9 Å². The van der Waals surface area contributed by atoms with Gasteiger partial charge in [-0.15, -0.1) is 0 Å². The van der Waals surface area contributed by atoms with Crippen molar-refractivity contribution in [3.05, 3.63) is 141 Å². The number of hydrogen-bond acceptors (Lipinski definition) is 3. The maximum Gasteiger partial charge on any atom is 0.165 e. The van der Waals surface area contributed by atoms with Gasteiger partial charge >= 0.3 is 0 Å². The van der Waals surface area contributed by atoms with Crippen molar-refractivity contribution in [1.82, 2.24) is 0 Å². The molecule has 0 amide bonds. The number of rotatable bonds is 12. The molecule has 51 heavy (non-hydrogen) atoms. The molecule has 0 bridgehead atoms. The molecule has 4 aromatic rings. The Hall–Kier alpha value is -4.62. The molecule has 9 heteroatoms. The first-order valence-corrected chi connectivity index (χ1v) is 17.7. The van der Waals surface area contributed by atoms with Crippen LogP contribution in [0, 0.1) is 20.8 Å². The molecule has 4 rings (SSSR count). The van der Waals surface area contributed by atoms with Crippen LogP contribution < -0.4 is 14.7 Å². The van der Waals surface area contributed by atoms with Crippen LogP contribution in [0.1, 0.15) is 16.7 Å². The lowest BCUT2D eigenvalue weighted by Crippen LogP contribution is -2.20. The SMILES string of the molecule is Cc1ccc(N(/C(Cl)=C/C=[N+](C)C)c2cc(N(/C(Cl)=C/C=[N+](C)C)c3ccc(C)cc3)cc(N(/C(Cl)=C/C=[N+](C)C)c3ccc(C)cc3)c2)cc1. The Labute approximate surface area is 319 Å². The van der Waals surface area contributed by atoms with Gasteiger partial charge in [-0.3, -0.25) is 0 Å². The Morgan fingerprint density at radius 2 is 0.608 bits per heavy atom. The van der Waals surface area contributed by atoms with Crippen molar-refractivity contribution in [2.45, 2.75) is 20.8 Å². The zero-order valence-corrected chi connectivity index (χ0v) is 33.2. The smallest absolute Gasteiger partial charge is 0.165 e. The molecular formula is C42H48Cl3N6+3. The number of halogens is 3. The minimum absolute atomic E-state index is 0.504. The van der Waals surface area contributed by atoms with E-state index in [1.54, 1.807) is 0 Å². The van der Waals surface area contributed by atoms with Crippen molar-refractivity contribution in [1.29, 1.82) is 0 Å². The number of nitrogens with zero attached hydrogens (tertiary/aromatic N) is 6. The number of allylic oxidation sites excluding steroid dienone is 3. The average molecular weight is 743 g/mol. The maximum atomic E-state index is 7.23. The zero-order chi connectivity index (χ0) is 37.2. The summed E-state index contributed by atoms with van der Waals surface area (Å²) >= 11 is 21.7. The number of benzene rings is 4. The van der Waals surface area contributed by atoms with Gasteiger partial charge in [-0.25, -0.2) is 13.7 Å². The van der Waals surface area contributed by atoms with E-state index in [2.05, 4.69) is 112 Å². The van der Waals surface area contributed by atoms with Gasteiger partial charge in [-0.2, -0.15) is 0 Å². The largest absolute Gasteiger partial charge is 0.300 e. The molecule has 264 valence electrons. The fraction of sp³-hybridized carbons (Fsp3) is 0.214. The fourth-order valence-electron chi connectivity index (χ4n) is 5.09. The highest BCUT2D eigenvalue weighted by molar-refractivity contribution is 6.34. The van der Waals surface area contributed by atoms with E-state index in [1.807, 2.05) is 108 Å². The number of aryl methyl sites for hydroxylation is 3. The summed E-state index contributed by atoms with van der Waals surface area (Å²) in [5, 5.41) is 1.51. The number of anilines is 6. The van der Waals surface area contributed by atoms with E-state index in [4.69, 9.17) is 34.8 Å². The molecule has 0 unspecified atom stereocenters. The molecule has 4 aromatic carbocycles. The van der Waals surface area contributed by atoms with Crippen LogP contribution in [0.5, 0.6) is 0 Å². The van der Waals surface area contributed by atoms with E-state index in [9.17, 15) is 0 Å². The Balaban J connectivity index is 2.15. The summed E-state index contributed by atoms with van der Waals surface area (Å²) < 4.78 is 5.86. The minimum Gasteiger partial charge on any atom is -0.300 e. The van der Waals surface area contributed by atoms with Gasteiger partial charge in [0.25, 0.3) is 0 Å². The highest BCUT2D eigenvalue weighted by atomic mass is 35.5. The zero-order valence-electron chi connectivity index (χ0n) is 30.9. The number of hydrogen-bond donors (Lipinski definition) is 0. The van der Waals surface area contributed by atoms with Crippen molar-refractivity contribution in [3.8, 4) is 0 Å². The molecule has 6 nitrogen and oxygen atoms in total. The summed E-state index contributed by atoms with van der Waals surface area (Å²) in [6.07, 6.45) is 11.5. The van der Waals surface area contributed by atoms with Crippen LogP contribution in [0.15, 0.2) is 125 Å². The van der Waals surface area contributed by atoms with Crippen LogP contribution in [0.25, 0.3) is 0 Å². The summed E-state index contributed by atoms with van der Waals surface area (Å²) in [6.45, 7) is 6.21. The van der Waals surface area contributed by atoms with Crippen molar-refractivity contribution in [3.63, 3.8) is 0 Å². The van der Waals surface area contributed by atoms with Crippen LogP contribution in [0.3, 0.4) is 0 Å². The van der Waals surface area contributed by atoms with E-state index in [-0.39, 0.29) is 0 Å². The molecule has 0 heterocycles. The third-order valence-corrected chi connectivity index (χ3v) is 8.59. The lowest BCUT2D eigenvalue weighted by Gasteiger charge is -2.32. The second kappa shape index (κ2) is 18.0. The molecule has 0 aliphatic rings. The van der Waals surface area contributed by atoms with Crippen molar-refractivity contribution in [2.75, 3.05) is 57.0 Å². The topological polar surface area (TPSA) is 18.8 Å². The van der Waals surface area contributed by atoms with E-state index in [1.165, 1.54) is 0 Å². The Bertz CT molecular complexity index is 1750. The maximum absolute atomic E-state index is 7.23. The third-order valence-electron chi connectivity index (χ3n) is 7.71. The summed E-state index contributed by atoms with van der Waals surface area (Å²) in [5.74, 6) is 0. The van der Waals surface area contributed by atoms with Gasteiger partial charge < -0.3 is 14.7 Å². The van der Waals surface area contributed by atoms with Crippen molar-refractivity contribution in [2.24, 2.45) is 0 Å². The molecule has 0 N–H and O–H groups in total. The molecule has 0 spiro atoms. The Morgan fingerprint density at radius 3 is 0.804 bits per heavy atom. The average Bonchev–Trinajstić information content (AvgIpc) is 3.08. The summed E-state index contributed by atoms with van der Waals surface area (Å²) in [5.41, 5.74) is 8.53. The normalized spacial score (nSPS) is 11.9. The van der Waals surface area contributed by atoms with Crippen LogP contribution in [-0.4, -0.2) is 74.7 Å². The summed E-state index contributed by atoms with van der Waals surface area (Å²) in [7, 11) is 11.8. The first-order chi connectivity index (χ1) is 24.2. The van der Waals surface area contributed by atoms with E-state index >= 15 is 0 Å². The lowest BCUT2D eigenvalue weighted by atomic mass is 10.1. The van der Waals surface area contributed by atoms with Gasteiger partial charge in [0, 0.05) is 35.3 Å². The van der Waals surface area contributed by atoms with Gasteiger partial charge in [0.05, 0.1) is 17.1 Å². The predicted molar refractivity (Wildman–Crippen MR) is 223 cm³/mol. The molecule has 0 saturated heterocycles. The highest BCUT2D eigenvalue weighted by Gasteiger charge is 2.23. The molecule has 0 aliphatic heterocycles. The lowest BCUT2D eigenvalue weighted by molar-refractivity contribution is -0.458.